The van der Waals surface area contributed by atoms with E-state index in [1.165, 1.54) is 15.7 Å². The van der Waals surface area contributed by atoms with Crippen molar-refractivity contribution in [2.24, 2.45) is 0 Å². The third kappa shape index (κ3) is 4.19. The number of nitro benzene ring substituents is 1. The zero-order chi connectivity index (χ0) is 16.3. The van der Waals surface area contributed by atoms with Gasteiger partial charge >= 0.3 is 0 Å². The van der Waals surface area contributed by atoms with Crippen molar-refractivity contribution in [1.29, 1.82) is 0 Å². The molecule has 114 valence electrons. The van der Waals surface area contributed by atoms with Gasteiger partial charge < -0.3 is 16.5 Å². The van der Waals surface area contributed by atoms with Gasteiger partial charge in [-0.1, -0.05) is 0 Å². The molecule has 3 aromatic rings. The molecule has 9 heteroatoms. The molecule has 0 fully saturated rings. The van der Waals surface area contributed by atoms with E-state index in [9.17, 15) is 10.1 Å². The highest BCUT2D eigenvalue weighted by atomic mass is 127. The lowest BCUT2D eigenvalue weighted by atomic mass is 10.3. The van der Waals surface area contributed by atoms with Crippen LogP contribution in [0.3, 0.4) is 0 Å². The number of nitrogens with one attached hydrogen (secondary N) is 1. The lowest BCUT2D eigenvalue weighted by molar-refractivity contribution is -0.384. The Bertz CT molecular complexity index is 834. The van der Waals surface area contributed by atoms with Crippen LogP contribution >= 0.6 is 45.2 Å². The summed E-state index contributed by atoms with van der Waals surface area (Å²) in [5, 5.41) is 10.3. The quantitative estimate of drug-likeness (QED) is 0.195. The van der Waals surface area contributed by atoms with E-state index in [0.717, 1.165) is 14.6 Å². The van der Waals surface area contributed by atoms with Crippen LogP contribution in [0, 0.1) is 17.3 Å². The normalized spacial score (nSPS) is 10.1. The molecule has 22 heavy (non-hydrogen) atoms. The number of nitrogens with zero attached hydrogens (tertiary/aromatic N) is 2. The Labute approximate surface area is 152 Å². The van der Waals surface area contributed by atoms with Crippen LogP contribution in [0.4, 0.5) is 17.3 Å². The van der Waals surface area contributed by atoms with E-state index in [2.05, 4.69) is 32.6 Å². The number of aromatic amines is 1. The van der Waals surface area contributed by atoms with Crippen molar-refractivity contribution < 1.29 is 4.92 Å². The molecule has 3 rings (SSSR count). The van der Waals surface area contributed by atoms with Gasteiger partial charge in [-0.2, -0.15) is 0 Å². The smallest absolute Gasteiger partial charge is 0.293 e. The fraction of sp³-hybridized carbons (Fsp3) is 0. The summed E-state index contributed by atoms with van der Waals surface area (Å²) in [4.78, 5) is 16.8. The van der Waals surface area contributed by atoms with Gasteiger partial charge in [0.25, 0.3) is 5.69 Å². The molecule has 0 radical (unpaired) electrons. The summed E-state index contributed by atoms with van der Waals surface area (Å²) in [6, 6.07) is 10.7. The summed E-state index contributed by atoms with van der Waals surface area (Å²) in [5.41, 5.74) is 12.9. The maximum Gasteiger partial charge on any atom is 0.293 e. The molecule has 0 aliphatic heterocycles. The molecule has 0 saturated carbocycles. The second-order valence-corrected chi connectivity index (χ2v) is 6.74. The summed E-state index contributed by atoms with van der Waals surface area (Å²) in [6.07, 6.45) is 0. The van der Waals surface area contributed by atoms with Crippen LogP contribution < -0.4 is 11.5 Å². The van der Waals surface area contributed by atoms with E-state index in [4.69, 9.17) is 11.5 Å². The van der Waals surface area contributed by atoms with Gasteiger partial charge in [-0.25, -0.2) is 4.98 Å². The predicted octanol–water partition coefficient (Wildman–Crippen LogP) is 3.53. The maximum atomic E-state index is 10.3. The van der Waals surface area contributed by atoms with Crippen LogP contribution in [-0.2, 0) is 0 Å². The number of rotatable bonds is 1. The van der Waals surface area contributed by atoms with Gasteiger partial charge in [-0.05, 0) is 75.5 Å². The lowest BCUT2D eigenvalue weighted by Crippen LogP contribution is -1.95. The molecule has 5 N–H and O–H groups in total. The zero-order valence-corrected chi connectivity index (χ0v) is 15.4. The number of hydrogen-bond acceptors (Lipinski definition) is 5. The van der Waals surface area contributed by atoms with Gasteiger partial charge in [0.2, 0.25) is 0 Å². The van der Waals surface area contributed by atoms with Crippen molar-refractivity contribution >= 4 is 73.5 Å². The first-order valence-corrected chi connectivity index (χ1v) is 8.12. The highest BCUT2D eigenvalue weighted by molar-refractivity contribution is 14.1. The van der Waals surface area contributed by atoms with Crippen molar-refractivity contribution in [3.05, 3.63) is 53.7 Å². The first-order chi connectivity index (χ1) is 10.4. The Balaban J connectivity index is 0.000000160. The second kappa shape index (κ2) is 7.09. The van der Waals surface area contributed by atoms with Crippen molar-refractivity contribution in [2.45, 2.75) is 0 Å². The molecule has 0 saturated heterocycles. The minimum absolute atomic E-state index is 0.0306. The first-order valence-electron chi connectivity index (χ1n) is 5.97. The molecule has 0 unspecified atom stereocenters. The number of nitrogens with two attached hydrogens (primary N) is 2. The zero-order valence-electron chi connectivity index (χ0n) is 11.1. The number of imidazole rings is 1. The number of fused-ring (bicyclic) bond motifs is 1. The van der Waals surface area contributed by atoms with Crippen LogP contribution in [-0.4, -0.2) is 14.9 Å². The molecule has 0 aliphatic rings. The number of hydrogen-bond donors (Lipinski definition) is 3. The van der Waals surface area contributed by atoms with E-state index in [0.29, 0.717) is 5.95 Å². The van der Waals surface area contributed by atoms with Crippen molar-refractivity contribution in [1.82, 2.24) is 9.97 Å². The van der Waals surface area contributed by atoms with E-state index in [-0.39, 0.29) is 11.4 Å². The minimum atomic E-state index is -0.489. The predicted molar refractivity (Wildman–Crippen MR) is 103 cm³/mol. The first kappa shape index (κ1) is 16.7. The molecular formula is C13H11I2N5O2. The number of benzene rings is 2. The van der Waals surface area contributed by atoms with Gasteiger partial charge in [0, 0.05) is 13.2 Å². The van der Waals surface area contributed by atoms with Gasteiger partial charge in [-0.15, -0.1) is 0 Å². The summed E-state index contributed by atoms with van der Waals surface area (Å²) in [7, 11) is 0. The molecule has 0 atom stereocenters. The Morgan fingerprint density at radius 2 is 1.73 bits per heavy atom. The fourth-order valence-corrected chi connectivity index (χ4v) is 2.64. The van der Waals surface area contributed by atoms with Crippen LogP contribution in [0.2, 0.25) is 0 Å². The monoisotopic (exact) mass is 523 g/mol. The Morgan fingerprint density at radius 3 is 2.36 bits per heavy atom. The highest BCUT2D eigenvalue weighted by Gasteiger charge is 2.09. The van der Waals surface area contributed by atoms with E-state index in [1.54, 1.807) is 6.07 Å². The topological polar surface area (TPSA) is 124 Å². The third-order valence-electron chi connectivity index (χ3n) is 2.65. The fourth-order valence-electron chi connectivity index (χ4n) is 1.68. The Morgan fingerprint density at radius 1 is 1.09 bits per heavy atom. The van der Waals surface area contributed by atoms with E-state index in [1.807, 2.05) is 40.8 Å². The lowest BCUT2D eigenvalue weighted by Gasteiger charge is -1.95. The molecular weight excluding hydrogens is 512 g/mol. The molecule has 7 nitrogen and oxygen atoms in total. The van der Waals surface area contributed by atoms with E-state index >= 15 is 0 Å². The minimum Gasteiger partial charge on any atom is -0.393 e. The molecule has 0 bridgehead atoms. The van der Waals surface area contributed by atoms with Crippen molar-refractivity contribution in [3.8, 4) is 0 Å². The van der Waals surface area contributed by atoms with Gasteiger partial charge in [0.15, 0.2) is 5.95 Å². The molecule has 0 amide bonds. The number of nitrogen functional groups attached to an aromatic ring is 2. The number of anilines is 2. The van der Waals surface area contributed by atoms with Crippen molar-refractivity contribution in [2.75, 3.05) is 11.5 Å². The summed E-state index contributed by atoms with van der Waals surface area (Å²) in [5.74, 6) is 0.474. The molecule has 1 aromatic heterocycles. The number of aromatic nitrogens is 2. The number of nitro groups is 1. The highest BCUT2D eigenvalue weighted by Crippen LogP contribution is 2.22. The second-order valence-electron chi connectivity index (χ2n) is 4.24. The Kier molecular flexibility index (Phi) is 5.39. The molecule has 0 spiro atoms. The maximum absolute atomic E-state index is 10.3. The van der Waals surface area contributed by atoms with Gasteiger partial charge in [0.05, 0.1) is 16.0 Å². The molecule has 0 aliphatic carbocycles. The van der Waals surface area contributed by atoms with Crippen LogP contribution in [0.15, 0.2) is 36.4 Å². The Hall–Kier alpha value is -1.63. The molecule has 1 heterocycles. The van der Waals surface area contributed by atoms with Gasteiger partial charge in [-0.3, -0.25) is 10.1 Å². The largest absolute Gasteiger partial charge is 0.393 e. The van der Waals surface area contributed by atoms with Crippen LogP contribution in [0.1, 0.15) is 0 Å². The average molecular weight is 523 g/mol. The summed E-state index contributed by atoms with van der Waals surface area (Å²) < 4.78 is 1.99. The standard InChI is InChI=1S/C7H6IN3.C6H5IN2O2/c8-4-1-2-5-6(3-4)11-7(9)10-5;7-4-1-2-5(8)6(3-4)9(10)11/h1-3H,(H3,9,10,11);1-3H,8H2. The summed E-state index contributed by atoms with van der Waals surface area (Å²) >= 11 is 4.24. The van der Waals surface area contributed by atoms with Crippen LogP contribution in [0.5, 0.6) is 0 Å². The molecule has 2 aromatic carbocycles. The SMILES string of the molecule is Nc1ccc(I)cc1[N+](=O)[O-].Nc1nc2ccc(I)cc2[nH]1. The number of H-pyrrole nitrogens is 1. The third-order valence-corrected chi connectivity index (χ3v) is 3.99. The van der Waals surface area contributed by atoms with E-state index < -0.39 is 4.92 Å². The number of halogens is 2. The summed E-state index contributed by atoms with van der Waals surface area (Å²) in [6.45, 7) is 0. The van der Waals surface area contributed by atoms with Crippen LogP contribution in [0.25, 0.3) is 11.0 Å². The van der Waals surface area contributed by atoms with Gasteiger partial charge in [0.1, 0.15) is 5.69 Å². The average Bonchev–Trinajstić information content (AvgIpc) is 2.81. The van der Waals surface area contributed by atoms with Crippen molar-refractivity contribution in [3.63, 3.8) is 0 Å².